The quantitative estimate of drug-likeness (QED) is 0.0321. The topological polar surface area (TPSA) is 95.9 Å². The van der Waals surface area contributed by atoms with Gasteiger partial charge in [0.25, 0.3) is 0 Å². The molecule has 0 saturated carbocycles. The Balaban J connectivity index is 3.47. The third-order valence-corrected chi connectivity index (χ3v) is 13.9. The van der Waals surface area contributed by atoms with Crippen molar-refractivity contribution in [3.63, 3.8) is 0 Å². The van der Waals surface area contributed by atoms with Crippen molar-refractivity contribution in [3.8, 4) is 0 Å². The number of carbonyl (C=O) groups is 2. The van der Waals surface area contributed by atoms with E-state index in [1.54, 1.807) is 6.08 Å². The Morgan fingerprint density at radius 2 is 0.735 bits per heavy atom. The molecule has 0 aromatic rings. The average molecular weight is 957 g/mol. The van der Waals surface area contributed by atoms with Gasteiger partial charge in [0.15, 0.2) is 0 Å². The molecule has 400 valence electrons. The fourth-order valence-electron chi connectivity index (χ4n) is 9.25. The van der Waals surface area contributed by atoms with Gasteiger partial charge in [0.05, 0.1) is 25.4 Å². The van der Waals surface area contributed by atoms with E-state index in [1.165, 1.54) is 238 Å². The molecule has 0 aliphatic carbocycles. The lowest BCUT2D eigenvalue weighted by molar-refractivity contribution is -0.143. The second kappa shape index (κ2) is 57.7. The monoisotopic (exact) mass is 956 g/mol. The van der Waals surface area contributed by atoms with E-state index in [2.05, 4.69) is 43.5 Å². The van der Waals surface area contributed by atoms with Crippen LogP contribution in [0.5, 0.6) is 0 Å². The van der Waals surface area contributed by atoms with Crippen molar-refractivity contribution in [3.05, 3.63) is 36.5 Å². The first-order chi connectivity index (χ1) is 33.5. The van der Waals surface area contributed by atoms with Crippen molar-refractivity contribution in [2.24, 2.45) is 0 Å². The second-order valence-corrected chi connectivity index (χ2v) is 20.7. The van der Waals surface area contributed by atoms with Gasteiger partial charge in [-0.3, -0.25) is 9.59 Å². The van der Waals surface area contributed by atoms with Crippen LogP contribution in [0.25, 0.3) is 0 Å². The Hall–Kier alpha value is -1.92. The molecule has 6 nitrogen and oxygen atoms in total. The number of unbranched alkanes of at least 4 members (excludes halogenated alkanes) is 41. The van der Waals surface area contributed by atoms with E-state index in [9.17, 15) is 19.8 Å². The minimum absolute atomic E-state index is 0.0116. The van der Waals surface area contributed by atoms with Crippen molar-refractivity contribution in [1.82, 2.24) is 5.32 Å². The molecule has 0 aliphatic heterocycles. The zero-order valence-corrected chi connectivity index (χ0v) is 45.6. The number of nitrogens with one attached hydrogen (secondary N) is 1. The Kier molecular flexibility index (Phi) is 56.0. The SMILES string of the molecule is CCCCC/C=C\C/C=C\CCCCCCCC(=O)OCCCCCCCCCCCCCCCCCCC(=O)NC(CO)C(O)/C=C/CCCCCCCCCCCCCCCCCCCC. The van der Waals surface area contributed by atoms with E-state index in [-0.39, 0.29) is 18.5 Å². The van der Waals surface area contributed by atoms with Gasteiger partial charge in [0.2, 0.25) is 5.91 Å². The van der Waals surface area contributed by atoms with Crippen LogP contribution in [-0.4, -0.2) is 47.4 Å². The maximum Gasteiger partial charge on any atom is 0.305 e. The van der Waals surface area contributed by atoms with Crippen molar-refractivity contribution in [2.75, 3.05) is 13.2 Å². The molecule has 0 radical (unpaired) electrons. The number of amides is 1. The average Bonchev–Trinajstić information content (AvgIpc) is 3.34. The number of ether oxygens (including phenoxy) is 1. The summed E-state index contributed by atoms with van der Waals surface area (Å²) in [5.74, 6) is -0.0847. The number of hydrogen-bond acceptors (Lipinski definition) is 5. The number of allylic oxidation sites excluding steroid dienone is 5. The Morgan fingerprint density at radius 1 is 0.412 bits per heavy atom. The summed E-state index contributed by atoms with van der Waals surface area (Å²) in [4.78, 5) is 24.5. The van der Waals surface area contributed by atoms with Crippen LogP contribution in [-0.2, 0) is 14.3 Å². The Bertz CT molecular complexity index is 1100. The summed E-state index contributed by atoms with van der Waals surface area (Å²) in [6, 6.07) is -0.635. The summed E-state index contributed by atoms with van der Waals surface area (Å²) in [6.07, 6.45) is 71.7. The van der Waals surface area contributed by atoms with Crippen LogP contribution >= 0.6 is 0 Å². The highest BCUT2D eigenvalue weighted by atomic mass is 16.5. The molecule has 0 aromatic heterocycles. The number of esters is 1. The summed E-state index contributed by atoms with van der Waals surface area (Å²) in [5.41, 5.74) is 0. The normalized spacial score (nSPS) is 12.8. The fourth-order valence-corrected chi connectivity index (χ4v) is 9.25. The Labute approximate surface area is 424 Å². The largest absolute Gasteiger partial charge is 0.466 e. The maximum absolute atomic E-state index is 12.5. The molecule has 68 heavy (non-hydrogen) atoms. The molecule has 0 spiro atoms. The number of hydrogen-bond donors (Lipinski definition) is 3. The van der Waals surface area contributed by atoms with Gasteiger partial charge in [0, 0.05) is 12.8 Å². The van der Waals surface area contributed by atoms with Crippen molar-refractivity contribution < 1.29 is 24.5 Å². The van der Waals surface area contributed by atoms with Gasteiger partial charge in [-0.2, -0.15) is 0 Å². The maximum atomic E-state index is 12.5. The van der Waals surface area contributed by atoms with Gasteiger partial charge in [-0.15, -0.1) is 0 Å². The summed E-state index contributed by atoms with van der Waals surface area (Å²) >= 11 is 0. The van der Waals surface area contributed by atoms with Crippen molar-refractivity contribution in [2.45, 2.75) is 334 Å². The van der Waals surface area contributed by atoms with E-state index in [1.807, 2.05) is 6.08 Å². The molecular weight excluding hydrogens is 839 g/mol. The molecule has 0 heterocycles. The van der Waals surface area contributed by atoms with Crippen LogP contribution in [0.3, 0.4) is 0 Å². The van der Waals surface area contributed by atoms with Gasteiger partial charge >= 0.3 is 5.97 Å². The predicted octanol–water partition coefficient (Wildman–Crippen LogP) is 18.8. The molecule has 0 saturated heterocycles. The number of aliphatic hydroxyl groups is 2. The Morgan fingerprint density at radius 3 is 1.15 bits per heavy atom. The van der Waals surface area contributed by atoms with Crippen molar-refractivity contribution in [1.29, 1.82) is 0 Å². The van der Waals surface area contributed by atoms with Crippen LogP contribution < -0.4 is 5.32 Å². The number of aliphatic hydroxyl groups excluding tert-OH is 2. The molecule has 0 aliphatic rings. The summed E-state index contributed by atoms with van der Waals surface area (Å²) in [5, 5.41) is 23.2. The smallest absolute Gasteiger partial charge is 0.305 e. The van der Waals surface area contributed by atoms with Gasteiger partial charge < -0.3 is 20.3 Å². The lowest BCUT2D eigenvalue weighted by Gasteiger charge is -2.20. The minimum atomic E-state index is -0.851. The third-order valence-electron chi connectivity index (χ3n) is 13.9. The van der Waals surface area contributed by atoms with E-state index in [0.29, 0.717) is 19.4 Å². The first-order valence-electron chi connectivity index (χ1n) is 30.3. The van der Waals surface area contributed by atoms with Crippen LogP contribution in [0, 0.1) is 0 Å². The fraction of sp³-hybridized carbons (Fsp3) is 0.871. The lowest BCUT2D eigenvalue weighted by Crippen LogP contribution is -2.45. The molecule has 2 unspecified atom stereocenters. The molecular formula is C62H117NO5. The van der Waals surface area contributed by atoms with E-state index >= 15 is 0 Å². The van der Waals surface area contributed by atoms with Crippen LogP contribution in [0.4, 0.5) is 0 Å². The molecule has 6 heteroatoms. The van der Waals surface area contributed by atoms with Gasteiger partial charge in [-0.1, -0.05) is 281 Å². The van der Waals surface area contributed by atoms with Crippen molar-refractivity contribution >= 4 is 11.9 Å². The van der Waals surface area contributed by atoms with Crippen LogP contribution in [0.15, 0.2) is 36.5 Å². The zero-order chi connectivity index (χ0) is 49.3. The standard InChI is InChI=1S/C62H117NO5/c1-3-5-7-9-11-13-15-17-19-20-21-22-23-27-30-34-38-42-46-50-54-60(65)59(58-64)63-61(66)55-51-47-43-39-35-31-28-24-25-29-33-37-41-45-49-53-57-68-62(67)56-52-48-44-40-36-32-26-18-16-14-12-10-8-6-4-2/h12,14,18,26,50,54,59-60,64-65H,3-11,13,15-17,19-25,27-49,51-53,55-58H2,1-2H3,(H,63,66)/b14-12-,26-18-,54-50+. The lowest BCUT2D eigenvalue weighted by atomic mass is 10.0. The van der Waals surface area contributed by atoms with E-state index < -0.39 is 12.1 Å². The summed E-state index contributed by atoms with van der Waals surface area (Å²) in [7, 11) is 0. The number of carbonyl (C=O) groups excluding carboxylic acids is 2. The molecule has 2 atom stereocenters. The van der Waals surface area contributed by atoms with E-state index in [4.69, 9.17) is 4.74 Å². The van der Waals surface area contributed by atoms with Crippen LogP contribution in [0.2, 0.25) is 0 Å². The van der Waals surface area contributed by atoms with E-state index in [0.717, 1.165) is 57.8 Å². The number of rotatable bonds is 56. The third kappa shape index (κ3) is 53.4. The molecule has 3 N–H and O–H groups in total. The minimum Gasteiger partial charge on any atom is -0.466 e. The first kappa shape index (κ1) is 66.1. The highest BCUT2D eigenvalue weighted by Crippen LogP contribution is 2.17. The van der Waals surface area contributed by atoms with Gasteiger partial charge in [0.1, 0.15) is 0 Å². The summed E-state index contributed by atoms with van der Waals surface area (Å²) in [6.45, 7) is 4.87. The molecule has 1 amide bonds. The highest BCUT2D eigenvalue weighted by Gasteiger charge is 2.18. The van der Waals surface area contributed by atoms with Gasteiger partial charge in [-0.25, -0.2) is 0 Å². The first-order valence-corrected chi connectivity index (χ1v) is 30.3. The van der Waals surface area contributed by atoms with Gasteiger partial charge in [-0.05, 0) is 64.2 Å². The predicted molar refractivity (Wildman–Crippen MR) is 296 cm³/mol. The molecule has 0 fully saturated rings. The highest BCUT2D eigenvalue weighted by molar-refractivity contribution is 5.76. The van der Waals surface area contributed by atoms with Crippen LogP contribution in [0.1, 0.15) is 322 Å². The molecule has 0 rings (SSSR count). The zero-order valence-electron chi connectivity index (χ0n) is 45.6. The second-order valence-electron chi connectivity index (χ2n) is 20.7. The molecule has 0 aromatic carbocycles. The summed E-state index contributed by atoms with van der Waals surface area (Å²) < 4.78 is 5.47. The molecule has 0 bridgehead atoms.